The van der Waals surface area contributed by atoms with Crippen molar-refractivity contribution in [1.82, 2.24) is 0 Å². The van der Waals surface area contributed by atoms with Gasteiger partial charge in [-0.1, -0.05) is 26.0 Å². The molecule has 0 fully saturated rings. The molecule has 1 aromatic rings. The molecule has 3 heteroatoms. The van der Waals surface area contributed by atoms with E-state index in [2.05, 4.69) is 13.8 Å². The lowest BCUT2D eigenvalue weighted by Gasteiger charge is -2.26. The van der Waals surface area contributed by atoms with Crippen LogP contribution in [0.5, 0.6) is 0 Å². The van der Waals surface area contributed by atoms with Gasteiger partial charge in [-0.15, -0.1) is 0 Å². The van der Waals surface area contributed by atoms with Crippen molar-refractivity contribution in [2.45, 2.75) is 26.8 Å². The van der Waals surface area contributed by atoms with Gasteiger partial charge in [0.15, 0.2) is 0 Å². The van der Waals surface area contributed by atoms with E-state index in [1.165, 1.54) is 6.07 Å². The largest absolute Gasteiger partial charge is 0.330 e. The number of nitrogens with two attached hydrogens (primary N) is 2. The highest BCUT2D eigenvalue weighted by Crippen LogP contribution is 2.26. The summed E-state index contributed by atoms with van der Waals surface area (Å²) in [5, 5.41) is 0. The first kappa shape index (κ1) is 13.1. The predicted octanol–water partition coefficient (Wildman–Crippen LogP) is 2.36. The zero-order valence-electron chi connectivity index (χ0n) is 10.2. The third kappa shape index (κ3) is 2.80. The molecule has 0 radical (unpaired) electrons. The number of halogens is 1. The van der Waals surface area contributed by atoms with Gasteiger partial charge in [-0.05, 0) is 42.5 Å². The van der Waals surface area contributed by atoms with Crippen molar-refractivity contribution in [2.75, 3.05) is 6.54 Å². The van der Waals surface area contributed by atoms with E-state index in [1.807, 2.05) is 6.07 Å². The molecule has 0 aliphatic rings. The van der Waals surface area contributed by atoms with Crippen molar-refractivity contribution in [1.29, 1.82) is 0 Å². The van der Waals surface area contributed by atoms with E-state index in [0.29, 0.717) is 18.0 Å². The van der Waals surface area contributed by atoms with Crippen LogP contribution in [0.4, 0.5) is 4.39 Å². The predicted molar refractivity (Wildman–Crippen MR) is 65.4 cm³/mol. The molecule has 0 saturated carbocycles. The number of aryl methyl sites for hydroxylation is 1. The van der Waals surface area contributed by atoms with Gasteiger partial charge in [0, 0.05) is 6.04 Å². The van der Waals surface area contributed by atoms with Crippen molar-refractivity contribution < 1.29 is 4.39 Å². The van der Waals surface area contributed by atoms with Gasteiger partial charge in [-0.25, -0.2) is 4.39 Å². The Labute approximate surface area is 96.8 Å². The molecule has 2 unspecified atom stereocenters. The fourth-order valence-corrected chi connectivity index (χ4v) is 1.96. The second-order valence-electron chi connectivity index (χ2n) is 4.68. The summed E-state index contributed by atoms with van der Waals surface area (Å²) < 4.78 is 13.1. The molecule has 0 amide bonds. The lowest BCUT2D eigenvalue weighted by atomic mass is 9.85. The summed E-state index contributed by atoms with van der Waals surface area (Å²) in [4.78, 5) is 0. The Balaban J connectivity index is 2.94. The quantitative estimate of drug-likeness (QED) is 0.825. The minimum atomic E-state index is -0.190. The maximum Gasteiger partial charge on any atom is 0.126 e. The molecule has 2 nitrogen and oxygen atoms in total. The van der Waals surface area contributed by atoms with Crippen LogP contribution in [0, 0.1) is 24.6 Å². The zero-order chi connectivity index (χ0) is 12.3. The SMILES string of the molecule is Cc1cc(C(N)C(CN)C(C)C)ccc1F. The molecule has 90 valence electrons. The van der Waals surface area contributed by atoms with Gasteiger partial charge in [-0.2, -0.15) is 0 Å². The van der Waals surface area contributed by atoms with Crippen LogP contribution in [0.15, 0.2) is 18.2 Å². The van der Waals surface area contributed by atoms with Crippen LogP contribution in [-0.2, 0) is 0 Å². The second kappa shape index (κ2) is 5.41. The van der Waals surface area contributed by atoms with Crippen LogP contribution < -0.4 is 11.5 Å². The smallest absolute Gasteiger partial charge is 0.126 e. The van der Waals surface area contributed by atoms with Crippen molar-refractivity contribution in [3.05, 3.63) is 35.1 Å². The Kier molecular flexibility index (Phi) is 4.44. The minimum Gasteiger partial charge on any atom is -0.330 e. The van der Waals surface area contributed by atoms with Crippen LogP contribution in [0.1, 0.15) is 31.0 Å². The summed E-state index contributed by atoms with van der Waals surface area (Å²) in [6.45, 7) is 6.51. The van der Waals surface area contributed by atoms with Gasteiger partial charge in [0.2, 0.25) is 0 Å². The highest BCUT2D eigenvalue weighted by molar-refractivity contribution is 5.26. The monoisotopic (exact) mass is 224 g/mol. The molecule has 2 atom stereocenters. The van der Waals surface area contributed by atoms with Crippen molar-refractivity contribution >= 4 is 0 Å². The first-order valence-electron chi connectivity index (χ1n) is 5.69. The van der Waals surface area contributed by atoms with Gasteiger partial charge < -0.3 is 11.5 Å². The number of rotatable bonds is 4. The number of benzene rings is 1. The summed E-state index contributed by atoms with van der Waals surface area (Å²) in [6.07, 6.45) is 0. The molecule has 1 aromatic carbocycles. The van der Waals surface area contributed by atoms with Crippen LogP contribution in [0.25, 0.3) is 0 Å². The molecule has 0 spiro atoms. The summed E-state index contributed by atoms with van der Waals surface area (Å²) in [6, 6.07) is 4.91. The zero-order valence-corrected chi connectivity index (χ0v) is 10.2. The maximum absolute atomic E-state index is 13.1. The molecule has 0 aliphatic carbocycles. The summed E-state index contributed by atoms with van der Waals surface area (Å²) >= 11 is 0. The average molecular weight is 224 g/mol. The molecule has 0 aliphatic heterocycles. The van der Waals surface area contributed by atoms with Crippen LogP contribution in [0.2, 0.25) is 0 Å². The Bertz CT molecular complexity index is 350. The maximum atomic E-state index is 13.1. The third-order valence-electron chi connectivity index (χ3n) is 3.16. The van der Waals surface area contributed by atoms with Crippen LogP contribution >= 0.6 is 0 Å². The van der Waals surface area contributed by atoms with Gasteiger partial charge in [0.05, 0.1) is 0 Å². The third-order valence-corrected chi connectivity index (χ3v) is 3.16. The van der Waals surface area contributed by atoms with Crippen LogP contribution in [-0.4, -0.2) is 6.54 Å². The van der Waals surface area contributed by atoms with Gasteiger partial charge >= 0.3 is 0 Å². The van der Waals surface area contributed by atoms with E-state index in [1.54, 1.807) is 13.0 Å². The van der Waals surface area contributed by atoms with E-state index in [4.69, 9.17) is 11.5 Å². The van der Waals surface area contributed by atoms with Gasteiger partial charge in [0.1, 0.15) is 5.82 Å². The molecule has 1 rings (SSSR count). The molecule has 0 aromatic heterocycles. The van der Waals surface area contributed by atoms with Crippen molar-refractivity contribution in [3.8, 4) is 0 Å². The molecule has 0 heterocycles. The van der Waals surface area contributed by atoms with Crippen molar-refractivity contribution in [3.63, 3.8) is 0 Å². The molecular formula is C13H21FN2. The first-order chi connectivity index (χ1) is 7.47. The van der Waals surface area contributed by atoms with Crippen molar-refractivity contribution in [2.24, 2.45) is 23.3 Å². The highest BCUT2D eigenvalue weighted by Gasteiger charge is 2.21. The molecular weight excluding hydrogens is 203 g/mol. The van der Waals surface area contributed by atoms with Gasteiger partial charge in [0.25, 0.3) is 0 Å². The number of hydrogen-bond donors (Lipinski definition) is 2. The summed E-state index contributed by atoms with van der Waals surface area (Å²) in [5.41, 5.74) is 13.5. The fourth-order valence-electron chi connectivity index (χ4n) is 1.96. The molecule has 0 saturated heterocycles. The van der Waals surface area contributed by atoms with E-state index in [9.17, 15) is 4.39 Å². The standard InChI is InChI=1S/C13H21FN2/c1-8(2)11(7-15)13(16)10-4-5-12(14)9(3)6-10/h4-6,8,11,13H,7,15-16H2,1-3H3. The van der Waals surface area contributed by atoms with E-state index >= 15 is 0 Å². The first-order valence-corrected chi connectivity index (χ1v) is 5.69. The number of hydrogen-bond acceptors (Lipinski definition) is 2. The lowest BCUT2D eigenvalue weighted by Crippen LogP contribution is -2.31. The second-order valence-corrected chi connectivity index (χ2v) is 4.68. The van der Waals surface area contributed by atoms with Crippen LogP contribution in [0.3, 0.4) is 0 Å². The van der Waals surface area contributed by atoms with Gasteiger partial charge in [-0.3, -0.25) is 0 Å². The minimum absolute atomic E-state index is 0.121. The van der Waals surface area contributed by atoms with E-state index < -0.39 is 0 Å². The Morgan fingerprint density at radius 1 is 1.31 bits per heavy atom. The molecule has 4 N–H and O–H groups in total. The van der Waals surface area contributed by atoms with E-state index in [0.717, 1.165) is 5.56 Å². The topological polar surface area (TPSA) is 52.0 Å². The summed E-state index contributed by atoms with van der Waals surface area (Å²) in [7, 11) is 0. The fraction of sp³-hybridized carbons (Fsp3) is 0.538. The average Bonchev–Trinajstić information content (AvgIpc) is 2.22. The Hall–Kier alpha value is -0.930. The molecule has 16 heavy (non-hydrogen) atoms. The molecule has 0 bridgehead atoms. The highest BCUT2D eigenvalue weighted by atomic mass is 19.1. The Morgan fingerprint density at radius 2 is 1.94 bits per heavy atom. The Morgan fingerprint density at radius 3 is 2.38 bits per heavy atom. The van der Waals surface area contributed by atoms with E-state index in [-0.39, 0.29) is 17.8 Å². The normalized spacial score (nSPS) is 15.2. The summed E-state index contributed by atoms with van der Waals surface area (Å²) in [5.74, 6) is 0.458. The lowest BCUT2D eigenvalue weighted by molar-refractivity contribution is 0.331.